The van der Waals surface area contributed by atoms with Crippen molar-refractivity contribution in [3.63, 3.8) is 0 Å². The number of halogens is 2. The van der Waals surface area contributed by atoms with Crippen molar-refractivity contribution in [3.05, 3.63) is 42.2 Å². The van der Waals surface area contributed by atoms with Crippen molar-refractivity contribution in [1.29, 1.82) is 0 Å². The lowest BCUT2D eigenvalue weighted by Crippen LogP contribution is -2.19. The summed E-state index contributed by atoms with van der Waals surface area (Å²) in [5.41, 5.74) is 0.153. The summed E-state index contributed by atoms with van der Waals surface area (Å²) < 4.78 is 33.2. The molecule has 1 heterocycles. The van der Waals surface area contributed by atoms with Gasteiger partial charge in [0.25, 0.3) is 6.43 Å². The Labute approximate surface area is 139 Å². The molecule has 0 spiro atoms. The van der Waals surface area contributed by atoms with E-state index in [4.69, 9.17) is 4.74 Å². The third kappa shape index (κ3) is 4.86. The predicted molar refractivity (Wildman–Crippen MR) is 87.5 cm³/mol. The molecule has 0 radical (unpaired) electrons. The lowest BCUT2D eigenvalue weighted by Gasteiger charge is -2.10. The number of unbranched alkanes of at least 4 members (excludes halogenated alkanes) is 2. The van der Waals surface area contributed by atoms with Gasteiger partial charge in [-0.25, -0.2) is 13.5 Å². The number of benzene rings is 1. The molecule has 2 aromatic rings. The summed E-state index contributed by atoms with van der Waals surface area (Å²) in [6.07, 6.45) is 1.42. The number of amides is 1. The second-order valence-electron chi connectivity index (χ2n) is 5.30. The van der Waals surface area contributed by atoms with Gasteiger partial charge in [-0.1, -0.05) is 38.0 Å². The molecule has 1 amide bonds. The fourth-order valence-corrected chi connectivity index (χ4v) is 2.24. The van der Waals surface area contributed by atoms with Crippen LogP contribution in [-0.4, -0.2) is 28.9 Å². The van der Waals surface area contributed by atoms with Crippen molar-refractivity contribution < 1.29 is 18.3 Å². The highest BCUT2D eigenvalue weighted by atomic mass is 19.3. The molecular formula is C17H21F2N3O2. The first-order chi connectivity index (χ1) is 11.6. The Kier molecular flexibility index (Phi) is 6.87. The number of para-hydroxylation sites is 1. The molecule has 0 aliphatic heterocycles. The van der Waals surface area contributed by atoms with Gasteiger partial charge < -0.3 is 10.1 Å². The van der Waals surface area contributed by atoms with Crippen molar-refractivity contribution in [2.24, 2.45) is 0 Å². The van der Waals surface area contributed by atoms with Gasteiger partial charge in [-0.2, -0.15) is 5.10 Å². The number of nitrogens with one attached hydrogen (secondary N) is 1. The fourth-order valence-electron chi connectivity index (χ4n) is 2.24. The molecule has 5 nitrogen and oxygen atoms in total. The predicted octanol–water partition coefficient (Wildman–Crippen LogP) is 3.96. The van der Waals surface area contributed by atoms with Gasteiger partial charge in [-0.3, -0.25) is 4.79 Å². The lowest BCUT2D eigenvalue weighted by molar-refractivity contribution is -0.120. The second-order valence-corrected chi connectivity index (χ2v) is 5.30. The Bertz CT molecular complexity index is 645. The Balaban J connectivity index is 2.03. The van der Waals surface area contributed by atoms with Crippen molar-refractivity contribution in [3.8, 4) is 5.69 Å². The van der Waals surface area contributed by atoms with E-state index in [1.54, 1.807) is 30.3 Å². The number of hydrogen-bond donors (Lipinski definition) is 1. The smallest absolute Gasteiger partial charge is 0.282 e. The molecule has 0 bridgehead atoms. The minimum atomic E-state index is -2.77. The van der Waals surface area contributed by atoms with Gasteiger partial charge in [-0.05, 0) is 18.6 Å². The van der Waals surface area contributed by atoms with Crippen LogP contribution in [0.5, 0.6) is 0 Å². The zero-order chi connectivity index (χ0) is 17.4. The number of alkyl halides is 2. The van der Waals surface area contributed by atoms with Gasteiger partial charge in [0.1, 0.15) is 12.3 Å². The number of nitrogens with zero attached hydrogens (tertiary/aromatic N) is 2. The van der Waals surface area contributed by atoms with Crippen molar-refractivity contribution in [1.82, 2.24) is 9.78 Å². The van der Waals surface area contributed by atoms with E-state index in [1.807, 2.05) is 0 Å². The number of ether oxygens (including phenoxy) is 1. The van der Waals surface area contributed by atoms with Crippen LogP contribution in [0.25, 0.3) is 5.69 Å². The number of aromatic nitrogens is 2. The maximum absolute atomic E-state index is 13.4. The highest BCUT2D eigenvalue weighted by molar-refractivity contribution is 5.92. The number of carbonyl (C=O) groups is 1. The molecule has 2 rings (SSSR count). The molecule has 130 valence electrons. The van der Waals surface area contributed by atoms with Crippen LogP contribution >= 0.6 is 0 Å². The standard InChI is InChI=1S/C17H21F2N3O2/c1-2-3-7-10-24-12-15(23)21-14-11-20-22(16(14)17(18)19)13-8-5-4-6-9-13/h4-6,8-9,11,17H,2-3,7,10,12H2,1H3,(H,21,23). The highest BCUT2D eigenvalue weighted by Crippen LogP contribution is 2.29. The third-order valence-corrected chi connectivity index (χ3v) is 3.41. The normalized spacial score (nSPS) is 11.0. The van der Waals surface area contributed by atoms with Crippen molar-refractivity contribution >= 4 is 11.6 Å². The summed E-state index contributed by atoms with van der Waals surface area (Å²) in [5, 5.41) is 6.41. The largest absolute Gasteiger partial charge is 0.372 e. The monoisotopic (exact) mass is 337 g/mol. The first-order valence-electron chi connectivity index (χ1n) is 7.92. The van der Waals surface area contributed by atoms with Crippen molar-refractivity contribution in [2.45, 2.75) is 32.6 Å². The molecule has 0 atom stereocenters. The Morgan fingerprint density at radius 1 is 1.29 bits per heavy atom. The zero-order valence-electron chi connectivity index (χ0n) is 13.5. The summed E-state index contributed by atoms with van der Waals surface area (Å²) in [6.45, 7) is 2.39. The molecule has 0 saturated heterocycles. The highest BCUT2D eigenvalue weighted by Gasteiger charge is 2.22. The Morgan fingerprint density at radius 2 is 2.04 bits per heavy atom. The third-order valence-electron chi connectivity index (χ3n) is 3.41. The van der Waals surface area contributed by atoms with E-state index in [0.717, 1.165) is 23.9 Å². The van der Waals surface area contributed by atoms with Crippen LogP contribution < -0.4 is 5.32 Å². The van der Waals surface area contributed by atoms with E-state index in [2.05, 4.69) is 17.3 Å². The van der Waals surface area contributed by atoms with Crippen molar-refractivity contribution in [2.75, 3.05) is 18.5 Å². The molecule has 0 aliphatic carbocycles. The Hall–Kier alpha value is -2.28. The summed E-state index contributed by atoms with van der Waals surface area (Å²) in [7, 11) is 0. The summed E-state index contributed by atoms with van der Waals surface area (Å²) in [5.74, 6) is -0.471. The van der Waals surface area contributed by atoms with Crippen LogP contribution in [0.1, 0.15) is 38.3 Å². The quantitative estimate of drug-likeness (QED) is 0.705. The van der Waals surface area contributed by atoms with E-state index < -0.39 is 12.3 Å². The maximum Gasteiger partial charge on any atom is 0.282 e. The first-order valence-corrected chi connectivity index (χ1v) is 7.92. The van der Waals surface area contributed by atoms with Crippen LogP contribution in [0.3, 0.4) is 0 Å². The minimum Gasteiger partial charge on any atom is -0.372 e. The number of carbonyl (C=O) groups excluding carboxylic acids is 1. The summed E-state index contributed by atoms with van der Waals surface area (Å²) >= 11 is 0. The maximum atomic E-state index is 13.4. The van der Waals surface area contributed by atoms with Crippen LogP contribution in [0, 0.1) is 0 Å². The number of hydrogen-bond acceptors (Lipinski definition) is 3. The van der Waals surface area contributed by atoms with E-state index in [0.29, 0.717) is 12.3 Å². The number of rotatable bonds is 9. The Morgan fingerprint density at radius 3 is 2.71 bits per heavy atom. The molecule has 24 heavy (non-hydrogen) atoms. The van der Waals surface area contributed by atoms with Crippen LogP contribution in [0.4, 0.5) is 14.5 Å². The topological polar surface area (TPSA) is 56.1 Å². The van der Waals surface area contributed by atoms with Gasteiger partial charge in [0.2, 0.25) is 5.91 Å². The van der Waals surface area contributed by atoms with E-state index >= 15 is 0 Å². The van der Waals surface area contributed by atoms with Crippen LogP contribution in [0.2, 0.25) is 0 Å². The fraction of sp³-hybridized carbons (Fsp3) is 0.412. The molecule has 0 fully saturated rings. The molecular weight excluding hydrogens is 316 g/mol. The van der Waals surface area contributed by atoms with Gasteiger partial charge in [-0.15, -0.1) is 0 Å². The molecule has 1 aromatic carbocycles. The summed E-state index contributed by atoms with van der Waals surface area (Å²) in [6, 6.07) is 8.58. The molecule has 1 N–H and O–H groups in total. The van der Waals surface area contributed by atoms with E-state index in [1.165, 1.54) is 6.20 Å². The molecule has 7 heteroatoms. The van der Waals surface area contributed by atoms with Gasteiger partial charge in [0.05, 0.1) is 17.6 Å². The summed E-state index contributed by atoms with van der Waals surface area (Å²) in [4.78, 5) is 11.8. The molecule has 0 saturated carbocycles. The van der Waals surface area contributed by atoms with Crippen LogP contribution in [0.15, 0.2) is 36.5 Å². The second kappa shape index (κ2) is 9.12. The average Bonchev–Trinajstić information content (AvgIpc) is 2.99. The number of anilines is 1. The first kappa shape index (κ1) is 18.1. The SMILES string of the molecule is CCCCCOCC(=O)Nc1cnn(-c2ccccc2)c1C(F)F. The molecule has 0 unspecified atom stereocenters. The van der Waals surface area contributed by atoms with E-state index in [9.17, 15) is 13.6 Å². The van der Waals surface area contributed by atoms with Crippen LogP contribution in [-0.2, 0) is 9.53 Å². The van der Waals surface area contributed by atoms with E-state index in [-0.39, 0.29) is 18.0 Å². The van der Waals surface area contributed by atoms with Gasteiger partial charge >= 0.3 is 0 Å². The lowest BCUT2D eigenvalue weighted by atomic mass is 10.3. The molecule has 0 aliphatic rings. The zero-order valence-corrected chi connectivity index (χ0v) is 13.5. The molecule has 1 aromatic heterocycles. The minimum absolute atomic E-state index is 0.00369. The average molecular weight is 337 g/mol. The van der Waals surface area contributed by atoms with Gasteiger partial charge in [0, 0.05) is 6.61 Å². The van der Waals surface area contributed by atoms with Gasteiger partial charge in [0.15, 0.2) is 0 Å².